The molecule has 0 fully saturated rings. The van der Waals surface area contributed by atoms with Gasteiger partial charge in [0.2, 0.25) is 0 Å². The van der Waals surface area contributed by atoms with Gasteiger partial charge in [-0.25, -0.2) is 0 Å². The third-order valence-electron chi connectivity index (χ3n) is 3.93. The van der Waals surface area contributed by atoms with Crippen molar-refractivity contribution in [2.75, 3.05) is 0 Å². The molecule has 2 heterocycles. The number of benzene rings is 3. The lowest BCUT2D eigenvalue weighted by atomic mass is 10.0. The first-order chi connectivity index (χ1) is 11.1. The minimum atomic E-state index is -0.185. The number of aldehydes is 1. The second-order valence-corrected chi connectivity index (χ2v) is 6.15. The van der Waals surface area contributed by atoms with Crippen LogP contribution < -0.4 is 0 Å². The number of fused-ring (bicyclic) bond motifs is 3. The Labute approximate surface area is 141 Å². The smallest absolute Gasteiger partial charge is 0.262 e. The largest absolute Gasteiger partial charge is 0.298 e. The Morgan fingerprint density at radius 1 is 0.913 bits per heavy atom. The van der Waals surface area contributed by atoms with E-state index < -0.39 is 0 Å². The number of rotatable bonds is 2. The fourth-order valence-corrected chi connectivity index (χ4v) is 3.49. The van der Waals surface area contributed by atoms with Crippen molar-refractivity contribution >= 4 is 57.2 Å². The first-order valence-electron chi connectivity index (χ1n) is 6.91. The fourth-order valence-electron chi connectivity index (χ4n) is 2.84. The molecule has 4 rings (SSSR count). The molecule has 0 radical (unpaired) electrons. The zero-order valence-corrected chi connectivity index (χ0v) is 13.2. The van der Waals surface area contributed by atoms with E-state index in [-0.39, 0.29) is 5.91 Å². The first-order valence-corrected chi connectivity index (χ1v) is 7.66. The average Bonchev–Trinajstić information content (AvgIpc) is 3.05. The summed E-state index contributed by atoms with van der Waals surface area (Å²) < 4.78 is 1.52. The maximum Gasteiger partial charge on any atom is 0.262 e. The molecule has 0 unspecified atom stereocenters. The van der Waals surface area contributed by atoms with E-state index in [0.29, 0.717) is 32.2 Å². The molecule has 0 spiro atoms. The summed E-state index contributed by atoms with van der Waals surface area (Å²) in [6.07, 6.45) is 0.801. The van der Waals surface area contributed by atoms with Crippen LogP contribution in [0.3, 0.4) is 0 Å². The van der Waals surface area contributed by atoms with Gasteiger partial charge in [-0.1, -0.05) is 41.4 Å². The summed E-state index contributed by atoms with van der Waals surface area (Å²) in [6.45, 7) is 0. The molecule has 5 heteroatoms. The lowest BCUT2D eigenvalue weighted by Gasteiger charge is -2.06. The molecule has 3 nitrogen and oxygen atoms in total. The summed E-state index contributed by atoms with van der Waals surface area (Å²) in [7, 11) is 0. The topological polar surface area (TPSA) is 39.1 Å². The minimum Gasteiger partial charge on any atom is -0.298 e. The van der Waals surface area contributed by atoms with Crippen LogP contribution in [0, 0.1) is 0 Å². The van der Waals surface area contributed by atoms with Gasteiger partial charge in [0.05, 0.1) is 21.1 Å². The maximum absolute atomic E-state index is 12.8. The zero-order valence-electron chi connectivity index (χ0n) is 11.7. The van der Waals surface area contributed by atoms with Gasteiger partial charge in [0.1, 0.15) is 6.29 Å². The highest BCUT2D eigenvalue weighted by Gasteiger charge is 2.21. The number of carbonyl (C=O) groups is 2. The number of halogens is 2. The lowest BCUT2D eigenvalue weighted by Crippen LogP contribution is -2.10. The van der Waals surface area contributed by atoms with Crippen LogP contribution in [0.15, 0.2) is 48.5 Å². The van der Waals surface area contributed by atoms with Crippen molar-refractivity contribution in [3.8, 4) is 0 Å². The number of aromatic nitrogens is 1. The van der Waals surface area contributed by atoms with Crippen LogP contribution in [-0.4, -0.2) is 16.8 Å². The molecular weight excluding hydrogens is 333 g/mol. The normalized spacial score (nSPS) is 11.4. The van der Waals surface area contributed by atoms with Gasteiger partial charge in [0, 0.05) is 11.1 Å². The van der Waals surface area contributed by atoms with Crippen molar-refractivity contribution in [3.63, 3.8) is 0 Å². The molecule has 0 atom stereocenters. The van der Waals surface area contributed by atoms with Crippen LogP contribution in [0.25, 0.3) is 21.8 Å². The number of hydrogen-bond acceptors (Lipinski definition) is 2. The van der Waals surface area contributed by atoms with E-state index in [2.05, 4.69) is 0 Å². The van der Waals surface area contributed by atoms with E-state index >= 15 is 0 Å². The molecular formula is C18H9Cl2NO2. The van der Waals surface area contributed by atoms with Crippen molar-refractivity contribution in [1.82, 2.24) is 4.57 Å². The van der Waals surface area contributed by atoms with E-state index in [0.717, 1.165) is 17.1 Å². The Morgan fingerprint density at radius 3 is 2.22 bits per heavy atom. The Kier molecular flexibility index (Phi) is 3.15. The minimum absolute atomic E-state index is 0.185. The van der Waals surface area contributed by atoms with Gasteiger partial charge in [-0.05, 0) is 41.1 Å². The molecule has 0 saturated heterocycles. The highest BCUT2D eigenvalue weighted by atomic mass is 35.5. The van der Waals surface area contributed by atoms with Crippen molar-refractivity contribution in [3.05, 3.63) is 69.7 Å². The van der Waals surface area contributed by atoms with Gasteiger partial charge in [0.25, 0.3) is 5.91 Å². The lowest BCUT2D eigenvalue weighted by molar-refractivity contribution is 0.0969. The molecule has 2 aromatic heterocycles. The second-order valence-electron chi connectivity index (χ2n) is 5.34. The summed E-state index contributed by atoms with van der Waals surface area (Å²) in [5.74, 6) is -0.185. The van der Waals surface area contributed by atoms with E-state index in [9.17, 15) is 9.59 Å². The van der Waals surface area contributed by atoms with Crippen molar-refractivity contribution in [2.24, 2.45) is 0 Å². The van der Waals surface area contributed by atoms with Crippen molar-refractivity contribution < 1.29 is 9.59 Å². The predicted octanol–water partition coefficient (Wildman–Crippen LogP) is 5.04. The third-order valence-corrected chi connectivity index (χ3v) is 4.51. The van der Waals surface area contributed by atoms with Crippen LogP contribution in [0.1, 0.15) is 20.7 Å². The van der Waals surface area contributed by atoms with Crippen LogP contribution in [0.4, 0.5) is 0 Å². The zero-order chi connectivity index (χ0) is 16.1. The van der Waals surface area contributed by atoms with Crippen LogP contribution in [0.5, 0.6) is 0 Å². The second kappa shape index (κ2) is 5.08. The monoisotopic (exact) mass is 341 g/mol. The number of nitrogens with zero attached hydrogens (tertiary/aromatic N) is 1. The number of hydrogen-bond donors (Lipinski definition) is 0. The van der Waals surface area contributed by atoms with Gasteiger partial charge in [-0.15, -0.1) is 0 Å². The Bertz CT molecular complexity index is 1060. The molecule has 0 aliphatic heterocycles. The molecule has 0 saturated carbocycles. The summed E-state index contributed by atoms with van der Waals surface area (Å²) >= 11 is 12.2. The van der Waals surface area contributed by atoms with Crippen molar-refractivity contribution in [1.29, 1.82) is 0 Å². The molecule has 4 aromatic rings. The Balaban J connectivity index is 1.85. The third kappa shape index (κ3) is 2.12. The molecule has 0 amide bonds. The van der Waals surface area contributed by atoms with Gasteiger partial charge in [-0.2, -0.15) is 0 Å². The van der Waals surface area contributed by atoms with Crippen LogP contribution in [-0.2, 0) is 0 Å². The fraction of sp³-hybridized carbons (Fsp3) is 0. The average molecular weight is 342 g/mol. The van der Waals surface area contributed by atoms with Gasteiger partial charge in [-0.3, -0.25) is 14.2 Å². The predicted molar refractivity (Wildman–Crippen MR) is 92.2 cm³/mol. The molecule has 0 aliphatic carbocycles. The van der Waals surface area contributed by atoms with E-state index in [1.165, 1.54) is 4.57 Å². The van der Waals surface area contributed by atoms with E-state index in [4.69, 9.17) is 23.2 Å². The molecule has 0 N–H and O–H groups in total. The van der Waals surface area contributed by atoms with Crippen molar-refractivity contribution in [2.45, 2.75) is 0 Å². The van der Waals surface area contributed by atoms with E-state index in [1.807, 2.05) is 12.1 Å². The summed E-state index contributed by atoms with van der Waals surface area (Å²) in [4.78, 5) is 23.6. The Morgan fingerprint density at radius 2 is 1.57 bits per heavy atom. The molecule has 0 aliphatic rings. The van der Waals surface area contributed by atoms with Gasteiger partial charge >= 0.3 is 0 Å². The Hall–Kier alpha value is -2.36. The number of carbonyl (C=O) groups excluding carboxylic acids is 2. The first kappa shape index (κ1) is 14.2. The van der Waals surface area contributed by atoms with Crippen LogP contribution >= 0.6 is 23.2 Å². The highest BCUT2D eigenvalue weighted by Crippen LogP contribution is 2.35. The maximum atomic E-state index is 12.8. The molecule has 2 bridgehead atoms. The van der Waals surface area contributed by atoms with E-state index in [1.54, 1.807) is 36.4 Å². The van der Waals surface area contributed by atoms with Crippen LogP contribution in [0.2, 0.25) is 10.0 Å². The van der Waals surface area contributed by atoms with Gasteiger partial charge < -0.3 is 0 Å². The highest BCUT2D eigenvalue weighted by molar-refractivity contribution is 6.42. The SMILES string of the molecule is O=Cc1ccc2cc(C(=O)n3c4cc(Cl)c3c(Cl)c4)ccc2c1. The summed E-state index contributed by atoms with van der Waals surface area (Å²) in [6, 6.07) is 14.1. The van der Waals surface area contributed by atoms with Gasteiger partial charge in [0.15, 0.2) is 0 Å². The quantitative estimate of drug-likeness (QED) is 0.479. The molecule has 112 valence electrons. The standard InChI is InChI=1S/C18H9Cl2NO2/c19-15-7-14-8-16(20)17(15)21(14)18(23)13-4-3-11-5-10(9-22)1-2-12(11)6-13/h1-9H. The summed E-state index contributed by atoms with van der Waals surface area (Å²) in [5, 5.41) is 2.73. The molecule has 23 heavy (non-hydrogen) atoms. The summed E-state index contributed by atoms with van der Waals surface area (Å²) in [5.41, 5.74) is 2.35. The molecule has 2 aromatic carbocycles.